The molecule has 2 rings (SSSR count). The van der Waals surface area contributed by atoms with Gasteiger partial charge in [-0.1, -0.05) is 12.1 Å². The van der Waals surface area contributed by atoms with Crippen molar-refractivity contribution in [3.63, 3.8) is 0 Å². The lowest BCUT2D eigenvalue weighted by molar-refractivity contribution is -0.160. The van der Waals surface area contributed by atoms with Crippen molar-refractivity contribution in [3.8, 4) is 0 Å². The molecule has 1 amide bonds. The zero-order valence-corrected chi connectivity index (χ0v) is 12.9. The summed E-state index contributed by atoms with van der Waals surface area (Å²) in [6.07, 6.45) is -1.26. The first-order valence-corrected chi connectivity index (χ1v) is 7.12. The number of amides is 1. The Hall–Kier alpha value is -1.40. The third-order valence-corrected chi connectivity index (χ3v) is 4.30. The number of hydrogen-bond acceptors (Lipinski definition) is 3. The maximum Gasteiger partial charge on any atom is 0.334 e. The molecule has 2 atom stereocenters. The summed E-state index contributed by atoms with van der Waals surface area (Å²) in [6.45, 7) is 4.13. The highest BCUT2D eigenvalue weighted by Gasteiger charge is 2.33. The molecule has 20 heavy (non-hydrogen) atoms. The second-order valence-corrected chi connectivity index (χ2v) is 5.71. The number of morpholine rings is 1. The number of benzene rings is 1. The van der Waals surface area contributed by atoms with Crippen LogP contribution in [0.3, 0.4) is 0 Å². The van der Waals surface area contributed by atoms with Crippen molar-refractivity contribution < 1.29 is 19.4 Å². The van der Waals surface area contributed by atoms with Gasteiger partial charge in [-0.25, -0.2) is 4.79 Å². The normalized spacial score (nSPS) is 22.6. The van der Waals surface area contributed by atoms with Gasteiger partial charge in [-0.2, -0.15) is 0 Å². The lowest BCUT2D eigenvalue weighted by atomic mass is 10.1. The minimum atomic E-state index is -1.04. The van der Waals surface area contributed by atoms with Crippen molar-refractivity contribution in [2.45, 2.75) is 26.1 Å². The Kier molecular flexibility index (Phi) is 4.45. The average molecular weight is 342 g/mol. The SMILES string of the molecule is Cc1cccc(C(=O)N2CC(C(=O)O)O[C@H](C)C2)c1Br. The van der Waals surface area contributed by atoms with Crippen LogP contribution in [0.1, 0.15) is 22.8 Å². The largest absolute Gasteiger partial charge is 0.479 e. The molecule has 1 unspecified atom stereocenters. The number of hydrogen-bond donors (Lipinski definition) is 1. The van der Waals surface area contributed by atoms with Gasteiger partial charge in [0.25, 0.3) is 5.91 Å². The van der Waals surface area contributed by atoms with E-state index < -0.39 is 12.1 Å². The van der Waals surface area contributed by atoms with Crippen molar-refractivity contribution in [3.05, 3.63) is 33.8 Å². The molecule has 108 valence electrons. The lowest BCUT2D eigenvalue weighted by Gasteiger charge is -2.35. The number of carbonyl (C=O) groups excluding carboxylic acids is 1. The van der Waals surface area contributed by atoms with Gasteiger partial charge in [-0.05, 0) is 41.4 Å². The van der Waals surface area contributed by atoms with Crippen LogP contribution in [-0.2, 0) is 9.53 Å². The monoisotopic (exact) mass is 341 g/mol. The molecule has 1 fully saturated rings. The number of carbonyl (C=O) groups is 2. The number of aliphatic carboxylic acids is 1. The molecule has 0 aromatic heterocycles. The summed E-state index contributed by atoms with van der Waals surface area (Å²) in [4.78, 5) is 25.1. The lowest BCUT2D eigenvalue weighted by Crippen LogP contribution is -2.51. The van der Waals surface area contributed by atoms with Crippen molar-refractivity contribution in [2.75, 3.05) is 13.1 Å². The summed E-state index contributed by atoms with van der Waals surface area (Å²) in [5.74, 6) is -1.22. The van der Waals surface area contributed by atoms with Gasteiger partial charge in [-0.3, -0.25) is 4.79 Å². The Labute approximate surface area is 125 Å². The maximum atomic E-state index is 12.5. The molecule has 0 spiro atoms. The second kappa shape index (κ2) is 5.93. The topological polar surface area (TPSA) is 66.8 Å². The van der Waals surface area contributed by atoms with Crippen LogP contribution in [0.5, 0.6) is 0 Å². The van der Waals surface area contributed by atoms with E-state index in [1.54, 1.807) is 13.0 Å². The number of carboxylic acid groups (broad SMARTS) is 1. The van der Waals surface area contributed by atoms with Crippen LogP contribution < -0.4 is 0 Å². The molecule has 1 aromatic rings. The van der Waals surface area contributed by atoms with Crippen LogP contribution in [0.25, 0.3) is 0 Å². The van der Waals surface area contributed by atoms with Gasteiger partial charge < -0.3 is 14.7 Å². The van der Waals surface area contributed by atoms with Crippen molar-refractivity contribution >= 4 is 27.8 Å². The molecule has 1 aromatic carbocycles. The number of nitrogens with zero attached hydrogens (tertiary/aromatic N) is 1. The molecule has 5 nitrogen and oxygen atoms in total. The number of aryl methyl sites for hydroxylation is 1. The number of rotatable bonds is 2. The standard InChI is InChI=1S/C14H16BrNO4/c1-8-4-3-5-10(12(8)15)13(17)16-6-9(2)20-11(7-16)14(18)19/h3-5,9,11H,6-7H2,1-2H3,(H,18,19)/t9-,11?/m1/s1. The fourth-order valence-corrected chi connectivity index (χ4v) is 2.67. The van der Waals surface area contributed by atoms with E-state index in [2.05, 4.69) is 15.9 Å². The van der Waals surface area contributed by atoms with E-state index >= 15 is 0 Å². The zero-order chi connectivity index (χ0) is 14.9. The van der Waals surface area contributed by atoms with Crippen LogP contribution in [0, 0.1) is 6.92 Å². The van der Waals surface area contributed by atoms with Gasteiger partial charge in [0.15, 0.2) is 6.10 Å². The molecule has 0 saturated carbocycles. The maximum absolute atomic E-state index is 12.5. The molecule has 0 bridgehead atoms. The summed E-state index contributed by atoms with van der Waals surface area (Å²) < 4.78 is 6.06. The van der Waals surface area contributed by atoms with Crippen molar-refractivity contribution in [1.29, 1.82) is 0 Å². The molecular formula is C14H16BrNO4. The highest BCUT2D eigenvalue weighted by atomic mass is 79.9. The van der Waals surface area contributed by atoms with Gasteiger partial charge in [0.2, 0.25) is 0 Å². The summed E-state index contributed by atoms with van der Waals surface area (Å²) >= 11 is 3.41. The summed E-state index contributed by atoms with van der Waals surface area (Å²) in [6, 6.07) is 5.45. The third kappa shape index (κ3) is 3.02. The van der Waals surface area contributed by atoms with Crippen molar-refractivity contribution in [2.24, 2.45) is 0 Å². The predicted octanol–water partition coefficient (Wildman–Crippen LogP) is 2.07. The first-order chi connectivity index (χ1) is 9.40. The zero-order valence-electron chi connectivity index (χ0n) is 11.3. The fourth-order valence-electron chi connectivity index (χ4n) is 2.24. The average Bonchev–Trinajstić information content (AvgIpc) is 2.40. The predicted molar refractivity (Wildman–Crippen MR) is 76.8 cm³/mol. The van der Waals surface area contributed by atoms with Crippen LogP contribution >= 0.6 is 15.9 Å². The molecule has 1 aliphatic rings. The number of carboxylic acids is 1. The molecule has 1 heterocycles. The van der Waals surface area contributed by atoms with Gasteiger partial charge in [-0.15, -0.1) is 0 Å². The molecule has 6 heteroatoms. The fraction of sp³-hybridized carbons (Fsp3) is 0.429. The van der Waals surface area contributed by atoms with E-state index in [4.69, 9.17) is 9.84 Å². The molecular weight excluding hydrogens is 326 g/mol. The summed E-state index contributed by atoms with van der Waals surface area (Å²) in [5, 5.41) is 9.05. The van der Waals surface area contributed by atoms with Crippen LogP contribution in [0.4, 0.5) is 0 Å². The van der Waals surface area contributed by atoms with Crippen LogP contribution in [0.2, 0.25) is 0 Å². The Morgan fingerprint density at radius 3 is 2.75 bits per heavy atom. The first kappa shape index (κ1) is 15.0. The Bertz CT molecular complexity index is 546. The van der Waals surface area contributed by atoms with E-state index in [0.29, 0.717) is 12.1 Å². The molecule has 0 aliphatic carbocycles. The van der Waals surface area contributed by atoms with Gasteiger partial charge in [0, 0.05) is 11.0 Å². The highest BCUT2D eigenvalue weighted by molar-refractivity contribution is 9.10. The van der Waals surface area contributed by atoms with E-state index in [1.807, 2.05) is 19.1 Å². The van der Waals surface area contributed by atoms with Gasteiger partial charge in [0.1, 0.15) is 0 Å². The Morgan fingerprint density at radius 2 is 2.10 bits per heavy atom. The molecule has 0 radical (unpaired) electrons. The van der Waals surface area contributed by atoms with Gasteiger partial charge in [0.05, 0.1) is 18.2 Å². The van der Waals surface area contributed by atoms with Crippen LogP contribution in [0.15, 0.2) is 22.7 Å². The number of halogens is 1. The Balaban J connectivity index is 2.24. The minimum absolute atomic E-state index is 0.0683. The van der Waals surface area contributed by atoms with E-state index in [9.17, 15) is 9.59 Å². The third-order valence-electron chi connectivity index (χ3n) is 3.25. The van der Waals surface area contributed by atoms with E-state index in [-0.39, 0.29) is 18.6 Å². The highest BCUT2D eigenvalue weighted by Crippen LogP contribution is 2.24. The summed E-state index contributed by atoms with van der Waals surface area (Å²) in [7, 11) is 0. The van der Waals surface area contributed by atoms with Crippen LogP contribution in [-0.4, -0.2) is 47.2 Å². The quantitative estimate of drug-likeness (QED) is 0.894. The smallest absolute Gasteiger partial charge is 0.334 e. The molecule has 1 aliphatic heterocycles. The van der Waals surface area contributed by atoms with Crippen molar-refractivity contribution in [1.82, 2.24) is 4.90 Å². The van der Waals surface area contributed by atoms with E-state index in [0.717, 1.165) is 10.0 Å². The first-order valence-electron chi connectivity index (χ1n) is 6.32. The van der Waals surface area contributed by atoms with Gasteiger partial charge >= 0.3 is 5.97 Å². The number of ether oxygens (including phenoxy) is 1. The minimum Gasteiger partial charge on any atom is -0.479 e. The second-order valence-electron chi connectivity index (χ2n) is 4.92. The molecule has 1 N–H and O–H groups in total. The van der Waals surface area contributed by atoms with E-state index in [1.165, 1.54) is 4.90 Å². The Morgan fingerprint density at radius 1 is 1.40 bits per heavy atom. The molecule has 1 saturated heterocycles. The summed E-state index contributed by atoms with van der Waals surface area (Å²) in [5.41, 5.74) is 1.51.